The summed E-state index contributed by atoms with van der Waals surface area (Å²) in [7, 11) is 0. The molecule has 2 heteroatoms. The molecule has 2 rings (SSSR count). The quantitative estimate of drug-likeness (QED) is 0.845. The molecule has 0 fully saturated rings. The van der Waals surface area contributed by atoms with E-state index in [0.717, 1.165) is 16.9 Å². The fraction of sp³-hybridized carbons (Fsp3) is 0.143. The fourth-order valence-electron chi connectivity index (χ4n) is 1.48. The molecule has 0 aliphatic heterocycles. The third kappa shape index (κ3) is 2.61. The SMILES string of the molecule is OCCOc1cc[c]c(-c2ccccc2)c1. The average molecular weight is 213 g/mol. The molecule has 0 saturated carbocycles. The van der Waals surface area contributed by atoms with E-state index in [4.69, 9.17) is 9.84 Å². The summed E-state index contributed by atoms with van der Waals surface area (Å²) in [5.74, 6) is 0.756. The first-order valence-electron chi connectivity index (χ1n) is 5.21. The molecule has 0 aromatic heterocycles. The van der Waals surface area contributed by atoms with E-state index in [1.54, 1.807) is 0 Å². The van der Waals surface area contributed by atoms with Gasteiger partial charge in [0.05, 0.1) is 6.61 Å². The number of hydrogen-bond donors (Lipinski definition) is 1. The molecular formula is C14H13O2. The largest absolute Gasteiger partial charge is 0.491 e. The topological polar surface area (TPSA) is 29.5 Å². The first-order valence-corrected chi connectivity index (χ1v) is 5.21. The Morgan fingerprint density at radius 2 is 1.94 bits per heavy atom. The Morgan fingerprint density at radius 3 is 2.69 bits per heavy atom. The van der Waals surface area contributed by atoms with Crippen LogP contribution in [0.4, 0.5) is 0 Å². The molecule has 0 unspecified atom stereocenters. The lowest BCUT2D eigenvalue weighted by Crippen LogP contribution is -2.01. The maximum absolute atomic E-state index is 8.68. The van der Waals surface area contributed by atoms with Crippen LogP contribution in [0, 0.1) is 6.07 Å². The molecule has 0 saturated heterocycles. The molecule has 0 heterocycles. The van der Waals surface area contributed by atoms with E-state index < -0.39 is 0 Å². The Kier molecular flexibility index (Phi) is 3.57. The predicted octanol–water partition coefficient (Wildman–Crippen LogP) is 2.52. The maximum atomic E-state index is 8.68. The zero-order chi connectivity index (χ0) is 11.2. The second-order valence-corrected chi connectivity index (χ2v) is 3.38. The number of benzene rings is 2. The van der Waals surface area contributed by atoms with Gasteiger partial charge in [0.1, 0.15) is 12.4 Å². The lowest BCUT2D eigenvalue weighted by molar-refractivity contribution is 0.201. The molecule has 81 valence electrons. The van der Waals surface area contributed by atoms with Gasteiger partial charge >= 0.3 is 0 Å². The highest BCUT2D eigenvalue weighted by atomic mass is 16.5. The van der Waals surface area contributed by atoms with Gasteiger partial charge in [-0.1, -0.05) is 36.4 Å². The van der Waals surface area contributed by atoms with Crippen LogP contribution >= 0.6 is 0 Å². The number of aliphatic hydroxyl groups excluding tert-OH is 1. The third-order valence-corrected chi connectivity index (χ3v) is 2.22. The molecule has 0 amide bonds. The van der Waals surface area contributed by atoms with Crippen LogP contribution in [-0.4, -0.2) is 18.3 Å². The minimum atomic E-state index is 0.0271. The van der Waals surface area contributed by atoms with Gasteiger partial charge in [-0.25, -0.2) is 0 Å². The highest BCUT2D eigenvalue weighted by molar-refractivity contribution is 5.64. The first-order chi connectivity index (χ1) is 7.90. The minimum Gasteiger partial charge on any atom is -0.491 e. The monoisotopic (exact) mass is 213 g/mol. The summed E-state index contributed by atoms with van der Waals surface area (Å²) in [6, 6.07) is 18.8. The van der Waals surface area contributed by atoms with E-state index in [1.807, 2.05) is 48.5 Å². The second kappa shape index (κ2) is 5.33. The molecule has 0 spiro atoms. The van der Waals surface area contributed by atoms with Crippen LogP contribution in [0.1, 0.15) is 0 Å². The fourth-order valence-corrected chi connectivity index (χ4v) is 1.48. The van der Waals surface area contributed by atoms with Crippen molar-refractivity contribution in [1.29, 1.82) is 0 Å². The molecule has 0 aliphatic rings. The lowest BCUT2D eigenvalue weighted by Gasteiger charge is -2.06. The highest BCUT2D eigenvalue weighted by Crippen LogP contribution is 2.22. The van der Waals surface area contributed by atoms with Gasteiger partial charge in [0, 0.05) is 0 Å². The molecule has 1 radical (unpaired) electrons. The zero-order valence-electron chi connectivity index (χ0n) is 8.89. The van der Waals surface area contributed by atoms with Crippen LogP contribution in [0.5, 0.6) is 5.75 Å². The Hall–Kier alpha value is -1.80. The van der Waals surface area contributed by atoms with Crippen molar-refractivity contribution in [2.75, 3.05) is 13.2 Å². The molecule has 0 aliphatic carbocycles. The summed E-state index contributed by atoms with van der Waals surface area (Å²) in [6.07, 6.45) is 0. The van der Waals surface area contributed by atoms with Crippen molar-refractivity contribution in [1.82, 2.24) is 0 Å². The molecule has 0 atom stereocenters. The minimum absolute atomic E-state index is 0.0271. The van der Waals surface area contributed by atoms with E-state index >= 15 is 0 Å². The molecule has 2 aromatic rings. The van der Waals surface area contributed by atoms with Gasteiger partial charge in [0.2, 0.25) is 0 Å². The number of aliphatic hydroxyl groups is 1. The summed E-state index contributed by atoms with van der Waals surface area (Å²) < 4.78 is 5.35. The van der Waals surface area contributed by atoms with Crippen molar-refractivity contribution in [3.05, 3.63) is 54.6 Å². The van der Waals surface area contributed by atoms with Crippen molar-refractivity contribution in [2.45, 2.75) is 0 Å². The summed E-state index contributed by atoms with van der Waals surface area (Å²) >= 11 is 0. The van der Waals surface area contributed by atoms with Gasteiger partial charge in [0.25, 0.3) is 0 Å². The maximum Gasteiger partial charge on any atom is 0.120 e. The molecule has 2 aromatic carbocycles. The highest BCUT2D eigenvalue weighted by Gasteiger charge is 1.99. The number of rotatable bonds is 4. The number of ether oxygens (including phenoxy) is 1. The lowest BCUT2D eigenvalue weighted by atomic mass is 10.1. The first kappa shape index (κ1) is 10.7. The average Bonchev–Trinajstić information content (AvgIpc) is 2.38. The summed E-state index contributed by atoms with van der Waals surface area (Å²) in [4.78, 5) is 0. The van der Waals surface area contributed by atoms with Crippen molar-refractivity contribution in [3.63, 3.8) is 0 Å². The van der Waals surface area contributed by atoms with Gasteiger partial charge in [-0.15, -0.1) is 0 Å². The molecule has 16 heavy (non-hydrogen) atoms. The Labute approximate surface area is 95.1 Å². The second-order valence-electron chi connectivity index (χ2n) is 3.38. The zero-order valence-corrected chi connectivity index (χ0v) is 8.89. The van der Waals surface area contributed by atoms with Gasteiger partial charge in [-0.3, -0.25) is 0 Å². The van der Waals surface area contributed by atoms with Crippen LogP contribution in [0.2, 0.25) is 0 Å². The van der Waals surface area contributed by atoms with Gasteiger partial charge in [-0.05, 0) is 29.3 Å². The van der Waals surface area contributed by atoms with Crippen molar-refractivity contribution < 1.29 is 9.84 Å². The van der Waals surface area contributed by atoms with E-state index in [1.165, 1.54) is 0 Å². The van der Waals surface area contributed by atoms with Crippen molar-refractivity contribution >= 4 is 0 Å². The normalized spacial score (nSPS) is 10.1. The van der Waals surface area contributed by atoms with E-state index in [-0.39, 0.29) is 6.61 Å². The predicted molar refractivity (Wildman–Crippen MR) is 63.3 cm³/mol. The smallest absolute Gasteiger partial charge is 0.120 e. The van der Waals surface area contributed by atoms with Crippen LogP contribution < -0.4 is 4.74 Å². The number of hydrogen-bond acceptors (Lipinski definition) is 2. The molecule has 2 nitrogen and oxygen atoms in total. The Bertz CT molecular complexity index is 437. The summed E-state index contributed by atoms with van der Waals surface area (Å²) in [5, 5.41) is 8.68. The van der Waals surface area contributed by atoms with Crippen LogP contribution in [-0.2, 0) is 0 Å². The van der Waals surface area contributed by atoms with Crippen molar-refractivity contribution in [3.8, 4) is 16.9 Å². The van der Waals surface area contributed by atoms with Crippen LogP contribution in [0.15, 0.2) is 48.5 Å². The van der Waals surface area contributed by atoms with Gasteiger partial charge in [0.15, 0.2) is 0 Å². The Morgan fingerprint density at radius 1 is 1.12 bits per heavy atom. The van der Waals surface area contributed by atoms with Crippen molar-refractivity contribution in [2.24, 2.45) is 0 Å². The molecular weight excluding hydrogens is 200 g/mol. The Balaban J connectivity index is 2.22. The van der Waals surface area contributed by atoms with Crippen LogP contribution in [0.3, 0.4) is 0 Å². The molecule has 1 N–H and O–H groups in total. The van der Waals surface area contributed by atoms with E-state index in [9.17, 15) is 0 Å². The standard InChI is InChI=1S/C14H13O2/c15-9-10-16-14-8-4-7-13(11-14)12-5-2-1-3-6-12/h1-6,8,11,15H,9-10H2. The van der Waals surface area contributed by atoms with E-state index in [2.05, 4.69) is 6.07 Å². The summed E-state index contributed by atoms with van der Waals surface area (Å²) in [6.45, 7) is 0.345. The third-order valence-electron chi connectivity index (χ3n) is 2.22. The van der Waals surface area contributed by atoms with Gasteiger partial charge < -0.3 is 9.84 Å². The van der Waals surface area contributed by atoms with E-state index in [0.29, 0.717) is 6.61 Å². The van der Waals surface area contributed by atoms with Crippen LogP contribution in [0.25, 0.3) is 11.1 Å². The molecule has 0 bridgehead atoms. The summed E-state index contributed by atoms with van der Waals surface area (Å²) in [5.41, 5.74) is 2.10. The van der Waals surface area contributed by atoms with Gasteiger partial charge in [-0.2, -0.15) is 0 Å².